The number of phenols is 1. The fourth-order valence-electron chi connectivity index (χ4n) is 5.65. The number of hydrogen-bond donors (Lipinski definition) is 3. The fourth-order valence-corrected chi connectivity index (χ4v) is 5.65. The lowest BCUT2D eigenvalue weighted by Crippen LogP contribution is -2.54. The summed E-state index contributed by atoms with van der Waals surface area (Å²) in [4.78, 5) is 7.80. The van der Waals surface area contributed by atoms with Crippen LogP contribution in [0.1, 0.15) is 39.5 Å². The van der Waals surface area contributed by atoms with Crippen LogP contribution in [0, 0.1) is 17.6 Å². The summed E-state index contributed by atoms with van der Waals surface area (Å²) < 4.78 is 35.0. The summed E-state index contributed by atoms with van der Waals surface area (Å²) in [6, 6.07) is 5.62. The number of fused-ring (bicyclic) bond motifs is 2. The lowest BCUT2D eigenvalue weighted by Gasteiger charge is -2.42. The van der Waals surface area contributed by atoms with E-state index in [0.29, 0.717) is 11.7 Å². The molecule has 2 aliphatic rings. The van der Waals surface area contributed by atoms with E-state index in [9.17, 15) is 9.50 Å². The van der Waals surface area contributed by atoms with Crippen molar-refractivity contribution in [3.05, 3.63) is 42.2 Å². The molecule has 2 saturated heterocycles. The summed E-state index contributed by atoms with van der Waals surface area (Å²) in [6.45, 7) is 5.32. The Labute approximate surface area is 202 Å². The second-order valence-corrected chi connectivity index (χ2v) is 10.1. The maximum atomic E-state index is 15.0. The predicted octanol–water partition coefficient (Wildman–Crippen LogP) is 4.32. The first-order chi connectivity index (χ1) is 16.7. The summed E-state index contributed by atoms with van der Waals surface area (Å²) in [5.74, 6) is -1.64. The van der Waals surface area contributed by atoms with Gasteiger partial charge in [-0.3, -0.25) is 0 Å². The van der Waals surface area contributed by atoms with Crippen molar-refractivity contribution in [1.82, 2.24) is 25.5 Å². The van der Waals surface area contributed by atoms with Crippen molar-refractivity contribution < 1.29 is 18.6 Å². The Morgan fingerprint density at radius 1 is 1.06 bits per heavy atom. The van der Waals surface area contributed by atoms with Gasteiger partial charge >= 0.3 is 0 Å². The summed E-state index contributed by atoms with van der Waals surface area (Å²) in [5, 5.41) is 25.8. The van der Waals surface area contributed by atoms with Crippen molar-refractivity contribution in [2.24, 2.45) is 5.92 Å². The number of aromatic nitrogens is 4. The number of benzene rings is 1. The molecule has 0 saturated carbocycles. The van der Waals surface area contributed by atoms with Gasteiger partial charge in [-0.25, -0.2) is 18.7 Å². The molecule has 1 aromatic carbocycles. The third-order valence-corrected chi connectivity index (χ3v) is 7.12. The first kappa shape index (κ1) is 23.3. The summed E-state index contributed by atoms with van der Waals surface area (Å²) >= 11 is 0. The molecule has 5 rings (SSSR count). The van der Waals surface area contributed by atoms with Crippen molar-refractivity contribution in [2.45, 2.75) is 50.6 Å². The average Bonchev–Trinajstić information content (AvgIpc) is 3.07. The number of aromatic hydroxyl groups is 1. The second-order valence-electron chi connectivity index (χ2n) is 10.1. The van der Waals surface area contributed by atoms with Crippen LogP contribution in [0.3, 0.4) is 0 Å². The number of ether oxygens (including phenoxy) is 1. The number of nitrogens with one attached hydrogen (secondary N) is 2. The molecule has 4 heterocycles. The predicted molar refractivity (Wildman–Crippen MR) is 127 cm³/mol. The average molecular weight is 483 g/mol. The largest absolute Gasteiger partial charge is 0.507 e. The van der Waals surface area contributed by atoms with E-state index in [1.165, 1.54) is 38.4 Å². The van der Waals surface area contributed by atoms with Crippen molar-refractivity contribution in [2.75, 3.05) is 19.0 Å². The van der Waals surface area contributed by atoms with Gasteiger partial charge in [0.1, 0.15) is 17.9 Å². The van der Waals surface area contributed by atoms with Crippen molar-refractivity contribution in [3.8, 4) is 34.1 Å². The normalized spacial score (nSPS) is 25.5. The van der Waals surface area contributed by atoms with E-state index in [1.54, 1.807) is 6.07 Å². The molecule has 0 amide bonds. The number of phenolic OH excluding ortho intramolecular Hbond substituents is 1. The first-order valence-corrected chi connectivity index (χ1v) is 11.6. The van der Waals surface area contributed by atoms with Crippen molar-refractivity contribution in [3.63, 3.8) is 0 Å². The summed E-state index contributed by atoms with van der Waals surface area (Å²) in [7, 11) is 1.40. The van der Waals surface area contributed by atoms with Gasteiger partial charge in [0.25, 0.3) is 0 Å². The molecule has 35 heavy (non-hydrogen) atoms. The quantitative estimate of drug-likeness (QED) is 0.477. The zero-order chi connectivity index (χ0) is 24.8. The maximum absolute atomic E-state index is 15.0. The van der Waals surface area contributed by atoms with Crippen LogP contribution >= 0.6 is 0 Å². The number of halogens is 2. The molecular weight excluding hydrogens is 454 g/mol. The molecule has 0 radical (unpaired) electrons. The molecule has 2 bridgehead atoms. The maximum Gasteiger partial charge on any atom is 0.216 e. The van der Waals surface area contributed by atoms with Crippen LogP contribution in [0.25, 0.3) is 22.5 Å². The molecule has 2 atom stereocenters. The number of methoxy groups -OCH3 is 1. The van der Waals surface area contributed by atoms with Crippen LogP contribution in [0.2, 0.25) is 0 Å². The van der Waals surface area contributed by atoms with E-state index >= 15 is 4.39 Å². The Morgan fingerprint density at radius 3 is 2.46 bits per heavy atom. The van der Waals surface area contributed by atoms with Gasteiger partial charge in [-0.1, -0.05) is 0 Å². The highest BCUT2D eigenvalue weighted by molar-refractivity contribution is 5.74. The van der Waals surface area contributed by atoms with E-state index in [-0.39, 0.29) is 39.5 Å². The second kappa shape index (κ2) is 8.67. The molecule has 3 aromatic rings. The zero-order valence-electron chi connectivity index (χ0n) is 19.9. The van der Waals surface area contributed by atoms with E-state index in [0.717, 1.165) is 25.5 Å². The van der Waals surface area contributed by atoms with Crippen LogP contribution in [0.15, 0.2) is 30.6 Å². The van der Waals surface area contributed by atoms with E-state index in [1.807, 2.05) is 0 Å². The lowest BCUT2D eigenvalue weighted by molar-refractivity contribution is 0.178. The smallest absolute Gasteiger partial charge is 0.216 e. The highest BCUT2D eigenvalue weighted by Crippen LogP contribution is 2.44. The number of rotatable bonds is 6. The molecule has 3 N–H and O–H groups in total. The molecule has 10 heteroatoms. The molecule has 2 fully saturated rings. The molecule has 2 aromatic heterocycles. The Morgan fingerprint density at radius 2 is 1.80 bits per heavy atom. The summed E-state index contributed by atoms with van der Waals surface area (Å²) in [5.41, 5.74) is -0.115. The van der Waals surface area contributed by atoms with Gasteiger partial charge in [-0.15, -0.1) is 10.2 Å². The highest BCUT2D eigenvalue weighted by atomic mass is 19.2. The van der Waals surface area contributed by atoms with Gasteiger partial charge in [0.2, 0.25) is 5.88 Å². The Bertz CT molecular complexity index is 1240. The van der Waals surface area contributed by atoms with Gasteiger partial charge < -0.3 is 20.5 Å². The van der Waals surface area contributed by atoms with Crippen LogP contribution in [0.4, 0.5) is 14.6 Å². The van der Waals surface area contributed by atoms with E-state index in [2.05, 4.69) is 44.6 Å². The standard InChI is InChI=1S/C25H28F2N6O2/c1-24-6-7-25(2,33-24)11-14(10-24)12-28-19-5-4-16(31-32-19)21-18(34)8-15(22(26)23(21)27)17-9-20(35-3)30-13-29-17/h4-5,8-9,13-14,33-34H,6-7,10-12H2,1-3H3,(H,28,32). The SMILES string of the molecule is COc1cc(-c2cc(O)c(-c3ccc(NCC4CC5(C)CCC(C)(C4)N5)nn3)c(F)c2F)ncn1. The van der Waals surface area contributed by atoms with Gasteiger partial charge in [0.05, 0.1) is 24.1 Å². The molecule has 0 aliphatic carbocycles. The zero-order valence-corrected chi connectivity index (χ0v) is 19.9. The fraction of sp³-hybridized carbons (Fsp3) is 0.440. The minimum absolute atomic E-state index is 0.0243. The van der Waals surface area contributed by atoms with Crippen molar-refractivity contribution in [1.29, 1.82) is 0 Å². The topological polar surface area (TPSA) is 105 Å². The lowest BCUT2D eigenvalue weighted by atomic mass is 9.80. The third kappa shape index (κ3) is 4.50. The Hall–Kier alpha value is -3.40. The van der Waals surface area contributed by atoms with E-state index in [4.69, 9.17) is 4.74 Å². The molecule has 2 aliphatic heterocycles. The first-order valence-electron chi connectivity index (χ1n) is 11.6. The monoisotopic (exact) mass is 482 g/mol. The Kier molecular flexibility index (Phi) is 5.79. The van der Waals surface area contributed by atoms with Crippen LogP contribution in [-0.2, 0) is 0 Å². The van der Waals surface area contributed by atoms with Gasteiger partial charge in [0, 0.05) is 29.3 Å². The number of hydrogen-bond acceptors (Lipinski definition) is 8. The van der Waals surface area contributed by atoms with Gasteiger partial charge in [-0.2, -0.15) is 0 Å². The summed E-state index contributed by atoms with van der Waals surface area (Å²) in [6.07, 6.45) is 5.71. The minimum atomic E-state index is -1.24. The minimum Gasteiger partial charge on any atom is -0.507 e. The van der Waals surface area contributed by atoms with Crippen LogP contribution in [0.5, 0.6) is 11.6 Å². The molecule has 184 valence electrons. The van der Waals surface area contributed by atoms with Crippen LogP contribution < -0.4 is 15.4 Å². The molecule has 0 spiro atoms. The highest BCUT2D eigenvalue weighted by Gasteiger charge is 2.48. The van der Waals surface area contributed by atoms with Gasteiger partial charge in [-0.05, 0) is 63.6 Å². The van der Waals surface area contributed by atoms with Gasteiger partial charge in [0.15, 0.2) is 11.6 Å². The molecule has 8 nitrogen and oxygen atoms in total. The molecular formula is C25H28F2N6O2. The number of nitrogens with zero attached hydrogens (tertiary/aromatic N) is 4. The number of piperidine rings is 1. The van der Waals surface area contributed by atoms with E-state index < -0.39 is 17.4 Å². The third-order valence-electron chi connectivity index (χ3n) is 7.12. The molecule has 2 unspecified atom stereocenters. The number of anilines is 1. The Balaban J connectivity index is 1.33. The van der Waals surface area contributed by atoms with Crippen molar-refractivity contribution >= 4 is 5.82 Å². The van der Waals surface area contributed by atoms with Crippen LogP contribution in [-0.4, -0.2) is 50.0 Å².